The molecular formula is C15H21BrN2O. The van der Waals surface area contributed by atoms with Crippen LogP contribution < -0.4 is 0 Å². The van der Waals surface area contributed by atoms with Gasteiger partial charge in [-0.05, 0) is 44.5 Å². The van der Waals surface area contributed by atoms with E-state index in [2.05, 4.69) is 32.7 Å². The Hall–Kier alpha value is -0.580. The molecule has 0 aliphatic carbocycles. The van der Waals surface area contributed by atoms with E-state index in [1.165, 1.54) is 25.9 Å². The lowest BCUT2D eigenvalue weighted by Gasteiger charge is -2.40. The van der Waals surface area contributed by atoms with Crippen LogP contribution in [0.4, 0.5) is 0 Å². The number of aromatic hydroxyl groups is 1. The maximum Gasteiger partial charge on any atom is 0.120 e. The van der Waals surface area contributed by atoms with E-state index in [1.807, 2.05) is 12.1 Å². The Bertz CT molecular complexity index is 465. The van der Waals surface area contributed by atoms with Gasteiger partial charge in [-0.2, -0.15) is 0 Å². The summed E-state index contributed by atoms with van der Waals surface area (Å²) in [5, 5.41) is 10.1. The van der Waals surface area contributed by atoms with Gasteiger partial charge in [0.2, 0.25) is 0 Å². The lowest BCUT2D eigenvalue weighted by atomic mass is 10.0. The molecule has 1 aromatic carbocycles. The average Bonchev–Trinajstić information content (AvgIpc) is 2.88. The standard InChI is InChI=1S/C15H21BrN2O/c1-11(14-9-12(16)4-5-15(14)19)18-8-7-17-6-2-3-13(17)10-18/h4-5,9,11,13,19H,2-3,6-8,10H2,1H3. The fraction of sp³-hybridized carbons (Fsp3) is 0.600. The SMILES string of the molecule is CC(c1cc(Br)ccc1O)N1CCN2CCCC2C1. The van der Waals surface area contributed by atoms with Gasteiger partial charge in [-0.3, -0.25) is 9.80 Å². The first-order valence-electron chi connectivity index (χ1n) is 7.11. The maximum atomic E-state index is 10.1. The van der Waals surface area contributed by atoms with Crippen LogP contribution in [0.25, 0.3) is 0 Å². The van der Waals surface area contributed by atoms with Gasteiger partial charge in [0.15, 0.2) is 0 Å². The Morgan fingerprint density at radius 2 is 2.16 bits per heavy atom. The zero-order valence-electron chi connectivity index (χ0n) is 11.3. The first kappa shape index (κ1) is 13.4. The topological polar surface area (TPSA) is 26.7 Å². The number of phenolic OH excluding ortho intramolecular Hbond substituents is 1. The number of hydrogen-bond acceptors (Lipinski definition) is 3. The normalized spacial score (nSPS) is 26.3. The molecule has 2 aliphatic heterocycles. The molecule has 2 heterocycles. The minimum absolute atomic E-state index is 0.278. The van der Waals surface area contributed by atoms with Crippen LogP contribution in [-0.2, 0) is 0 Å². The van der Waals surface area contributed by atoms with Gasteiger partial charge in [0, 0.05) is 41.8 Å². The van der Waals surface area contributed by atoms with Crippen molar-refractivity contribution >= 4 is 15.9 Å². The molecule has 2 unspecified atom stereocenters. The summed E-state index contributed by atoms with van der Waals surface area (Å²) in [5.41, 5.74) is 1.03. The summed E-state index contributed by atoms with van der Waals surface area (Å²) in [6, 6.07) is 6.72. The number of phenols is 1. The lowest BCUT2D eigenvalue weighted by molar-refractivity contribution is 0.0762. The Kier molecular flexibility index (Phi) is 3.83. The molecule has 2 saturated heterocycles. The third-order valence-corrected chi connectivity index (χ3v) is 5.10. The van der Waals surface area contributed by atoms with Crippen LogP contribution in [0.1, 0.15) is 31.4 Å². The number of rotatable bonds is 2. The van der Waals surface area contributed by atoms with Crippen molar-refractivity contribution in [3.05, 3.63) is 28.2 Å². The fourth-order valence-corrected chi connectivity index (χ4v) is 3.80. The molecule has 0 saturated carbocycles. The van der Waals surface area contributed by atoms with Gasteiger partial charge in [0.05, 0.1) is 0 Å². The van der Waals surface area contributed by atoms with Gasteiger partial charge < -0.3 is 5.11 Å². The second-order valence-electron chi connectivity index (χ2n) is 5.71. The molecule has 4 heteroatoms. The van der Waals surface area contributed by atoms with E-state index in [0.29, 0.717) is 5.75 Å². The van der Waals surface area contributed by atoms with Crippen LogP contribution in [0.2, 0.25) is 0 Å². The molecule has 3 rings (SSSR count). The van der Waals surface area contributed by atoms with Crippen molar-refractivity contribution in [2.75, 3.05) is 26.2 Å². The summed E-state index contributed by atoms with van der Waals surface area (Å²) in [5.74, 6) is 0.407. The van der Waals surface area contributed by atoms with Gasteiger partial charge in [0.25, 0.3) is 0 Å². The second kappa shape index (κ2) is 5.43. The van der Waals surface area contributed by atoms with Crippen molar-refractivity contribution in [1.82, 2.24) is 9.80 Å². The van der Waals surface area contributed by atoms with Crippen LogP contribution in [-0.4, -0.2) is 47.1 Å². The van der Waals surface area contributed by atoms with Gasteiger partial charge in [-0.15, -0.1) is 0 Å². The highest BCUT2D eigenvalue weighted by atomic mass is 79.9. The molecule has 0 radical (unpaired) electrons. The Balaban J connectivity index is 1.76. The third-order valence-electron chi connectivity index (χ3n) is 4.61. The van der Waals surface area contributed by atoms with Crippen molar-refractivity contribution in [3.63, 3.8) is 0 Å². The zero-order chi connectivity index (χ0) is 13.4. The van der Waals surface area contributed by atoms with Gasteiger partial charge in [-0.1, -0.05) is 15.9 Å². The molecule has 0 amide bonds. The van der Waals surface area contributed by atoms with E-state index in [1.54, 1.807) is 6.07 Å². The number of fused-ring (bicyclic) bond motifs is 1. The molecule has 2 aliphatic rings. The number of hydrogen-bond donors (Lipinski definition) is 1. The number of piperazine rings is 1. The predicted molar refractivity (Wildman–Crippen MR) is 80.4 cm³/mol. The van der Waals surface area contributed by atoms with Gasteiger partial charge in [-0.25, -0.2) is 0 Å². The van der Waals surface area contributed by atoms with Crippen LogP contribution in [0.15, 0.2) is 22.7 Å². The predicted octanol–water partition coefficient (Wildman–Crippen LogP) is 3.00. The van der Waals surface area contributed by atoms with Gasteiger partial charge in [0.1, 0.15) is 5.75 Å². The Morgan fingerprint density at radius 1 is 1.32 bits per heavy atom. The van der Waals surface area contributed by atoms with Crippen LogP contribution >= 0.6 is 15.9 Å². The highest BCUT2D eigenvalue weighted by Gasteiger charge is 2.33. The molecule has 2 fully saturated rings. The number of halogens is 1. The first-order valence-corrected chi connectivity index (χ1v) is 7.91. The van der Waals surface area contributed by atoms with Crippen LogP contribution in [0, 0.1) is 0 Å². The highest BCUT2D eigenvalue weighted by molar-refractivity contribution is 9.10. The molecule has 2 atom stereocenters. The summed E-state index contributed by atoms with van der Waals surface area (Å²) in [6.07, 6.45) is 2.67. The molecule has 1 N–H and O–H groups in total. The minimum atomic E-state index is 0.278. The number of nitrogens with zero attached hydrogens (tertiary/aromatic N) is 2. The van der Waals surface area contributed by atoms with E-state index in [-0.39, 0.29) is 6.04 Å². The largest absolute Gasteiger partial charge is 0.508 e. The monoisotopic (exact) mass is 324 g/mol. The Labute approximate surface area is 123 Å². The zero-order valence-corrected chi connectivity index (χ0v) is 12.9. The van der Waals surface area contributed by atoms with Crippen molar-refractivity contribution < 1.29 is 5.11 Å². The lowest BCUT2D eigenvalue weighted by Crippen LogP contribution is -2.50. The quantitative estimate of drug-likeness (QED) is 0.906. The fourth-order valence-electron chi connectivity index (χ4n) is 3.42. The van der Waals surface area contributed by atoms with Crippen molar-refractivity contribution in [1.29, 1.82) is 0 Å². The summed E-state index contributed by atoms with van der Waals surface area (Å²) in [6.45, 7) is 6.88. The van der Waals surface area contributed by atoms with Crippen LogP contribution in [0.3, 0.4) is 0 Å². The van der Waals surface area contributed by atoms with E-state index in [0.717, 1.165) is 29.2 Å². The molecule has 0 spiro atoms. The third kappa shape index (κ3) is 2.67. The Morgan fingerprint density at radius 3 is 3.00 bits per heavy atom. The summed E-state index contributed by atoms with van der Waals surface area (Å²) >= 11 is 3.50. The van der Waals surface area contributed by atoms with E-state index < -0.39 is 0 Å². The summed E-state index contributed by atoms with van der Waals surface area (Å²) in [4.78, 5) is 5.12. The first-order chi connectivity index (χ1) is 9.15. The van der Waals surface area contributed by atoms with Crippen molar-refractivity contribution in [2.24, 2.45) is 0 Å². The molecule has 0 bridgehead atoms. The highest BCUT2D eigenvalue weighted by Crippen LogP contribution is 2.33. The summed E-state index contributed by atoms with van der Waals surface area (Å²) in [7, 11) is 0. The van der Waals surface area contributed by atoms with Gasteiger partial charge >= 0.3 is 0 Å². The molecular weight excluding hydrogens is 304 g/mol. The minimum Gasteiger partial charge on any atom is -0.508 e. The summed E-state index contributed by atoms with van der Waals surface area (Å²) < 4.78 is 1.03. The van der Waals surface area contributed by atoms with Crippen molar-refractivity contribution in [2.45, 2.75) is 31.8 Å². The van der Waals surface area contributed by atoms with E-state index in [4.69, 9.17) is 0 Å². The average molecular weight is 325 g/mol. The second-order valence-corrected chi connectivity index (χ2v) is 6.62. The molecule has 0 aromatic heterocycles. The van der Waals surface area contributed by atoms with E-state index in [9.17, 15) is 5.11 Å². The molecule has 3 nitrogen and oxygen atoms in total. The smallest absolute Gasteiger partial charge is 0.120 e. The molecule has 1 aromatic rings. The van der Waals surface area contributed by atoms with E-state index >= 15 is 0 Å². The molecule has 104 valence electrons. The maximum absolute atomic E-state index is 10.1. The van der Waals surface area contributed by atoms with Crippen molar-refractivity contribution in [3.8, 4) is 5.75 Å². The number of benzene rings is 1. The molecule has 19 heavy (non-hydrogen) atoms. The van der Waals surface area contributed by atoms with Crippen LogP contribution in [0.5, 0.6) is 5.75 Å².